The standard InChI is InChI=1S/C20H25N3O3S2/c1-5-10-23-17-7-6-16(14(2)3)13-18(17)27-20(23)21-19(24)15-8-11-22(12-9-15)28(4,25)26/h1,6-7,13-15H,8-12H2,2-4H3. The fraction of sp³-hybridized carbons (Fsp3) is 0.500. The van der Waals surface area contributed by atoms with E-state index in [1.807, 2.05) is 10.6 Å². The van der Waals surface area contributed by atoms with E-state index in [9.17, 15) is 13.2 Å². The zero-order valence-corrected chi connectivity index (χ0v) is 18.0. The number of piperidine rings is 1. The van der Waals surface area contributed by atoms with Crippen LogP contribution in [0.5, 0.6) is 0 Å². The summed E-state index contributed by atoms with van der Waals surface area (Å²) in [6.07, 6.45) is 7.72. The number of hydrogen-bond acceptors (Lipinski definition) is 4. The zero-order valence-electron chi connectivity index (χ0n) is 16.4. The minimum absolute atomic E-state index is 0.199. The lowest BCUT2D eigenvalue weighted by Crippen LogP contribution is -2.39. The Morgan fingerprint density at radius 3 is 2.61 bits per heavy atom. The topological polar surface area (TPSA) is 71.7 Å². The van der Waals surface area contributed by atoms with Crippen LogP contribution < -0.4 is 4.80 Å². The second-order valence-corrected chi connectivity index (χ2v) is 10.4. The van der Waals surface area contributed by atoms with Crippen molar-refractivity contribution in [2.45, 2.75) is 39.2 Å². The first-order valence-electron chi connectivity index (χ1n) is 9.31. The molecule has 3 rings (SSSR count). The number of benzene rings is 1. The monoisotopic (exact) mass is 419 g/mol. The van der Waals surface area contributed by atoms with Gasteiger partial charge in [-0.05, 0) is 36.5 Å². The summed E-state index contributed by atoms with van der Waals surface area (Å²) in [5.74, 6) is 2.60. The Morgan fingerprint density at radius 1 is 1.36 bits per heavy atom. The molecule has 1 fully saturated rings. The number of nitrogens with zero attached hydrogens (tertiary/aromatic N) is 3. The van der Waals surface area contributed by atoms with Crippen LogP contribution in [0.4, 0.5) is 0 Å². The molecule has 0 saturated carbocycles. The van der Waals surface area contributed by atoms with Crippen LogP contribution in [0.15, 0.2) is 23.2 Å². The minimum Gasteiger partial charge on any atom is -0.305 e. The average molecular weight is 420 g/mol. The van der Waals surface area contributed by atoms with Crippen molar-refractivity contribution in [2.75, 3.05) is 19.3 Å². The Labute approximate surface area is 169 Å². The molecule has 2 heterocycles. The molecule has 2 aromatic rings. The van der Waals surface area contributed by atoms with E-state index in [1.54, 1.807) is 0 Å². The molecule has 0 unspecified atom stereocenters. The third-order valence-corrected chi connectivity index (χ3v) is 7.45. The Balaban J connectivity index is 1.91. The van der Waals surface area contributed by atoms with Crippen LogP contribution in [-0.4, -0.2) is 42.5 Å². The summed E-state index contributed by atoms with van der Waals surface area (Å²) in [6, 6.07) is 6.25. The maximum atomic E-state index is 12.7. The summed E-state index contributed by atoms with van der Waals surface area (Å²) in [6.45, 7) is 5.35. The van der Waals surface area contributed by atoms with Gasteiger partial charge < -0.3 is 4.57 Å². The lowest BCUT2D eigenvalue weighted by molar-refractivity contribution is -0.122. The molecule has 0 radical (unpaired) electrons. The molecular weight excluding hydrogens is 394 g/mol. The number of fused-ring (bicyclic) bond motifs is 1. The molecule has 1 saturated heterocycles. The summed E-state index contributed by atoms with van der Waals surface area (Å²) < 4.78 is 27.7. The van der Waals surface area contributed by atoms with Crippen LogP contribution in [0.25, 0.3) is 10.2 Å². The van der Waals surface area contributed by atoms with Crippen molar-refractivity contribution in [3.63, 3.8) is 0 Å². The maximum Gasteiger partial charge on any atom is 0.251 e. The second-order valence-electron chi connectivity index (χ2n) is 7.44. The molecule has 1 aromatic carbocycles. The van der Waals surface area contributed by atoms with Crippen LogP contribution in [0.2, 0.25) is 0 Å². The van der Waals surface area contributed by atoms with Gasteiger partial charge in [-0.15, -0.1) is 6.42 Å². The highest BCUT2D eigenvalue weighted by molar-refractivity contribution is 7.88. The predicted octanol–water partition coefficient (Wildman–Crippen LogP) is 2.56. The van der Waals surface area contributed by atoms with E-state index in [4.69, 9.17) is 6.42 Å². The first-order valence-corrected chi connectivity index (χ1v) is 12.0. The van der Waals surface area contributed by atoms with Gasteiger partial charge in [-0.25, -0.2) is 12.7 Å². The lowest BCUT2D eigenvalue weighted by Gasteiger charge is -2.28. The normalized spacial score (nSPS) is 17.3. The molecule has 0 aliphatic carbocycles. The predicted molar refractivity (Wildman–Crippen MR) is 112 cm³/mol. The van der Waals surface area contributed by atoms with Gasteiger partial charge in [0.2, 0.25) is 10.0 Å². The first kappa shape index (κ1) is 20.8. The largest absolute Gasteiger partial charge is 0.305 e. The second kappa shape index (κ2) is 8.19. The summed E-state index contributed by atoms with van der Waals surface area (Å²) in [5.41, 5.74) is 2.21. The number of thiazole rings is 1. The van der Waals surface area contributed by atoms with E-state index in [0.717, 1.165) is 10.2 Å². The molecule has 1 aliphatic heterocycles. The number of sulfonamides is 1. The highest BCUT2D eigenvalue weighted by Crippen LogP contribution is 2.24. The van der Waals surface area contributed by atoms with Crippen LogP contribution in [0.3, 0.4) is 0 Å². The number of rotatable bonds is 4. The van der Waals surface area contributed by atoms with Gasteiger partial charge >= 0.3 is 0 Å². The van der Waals surface area contributed by atoms with Gasteiger partial charge in [0, 0.05) is 19.0 Å². The molecule has 0 atom stereocenters. The Bertz CT molecular complexity index is 1100. The van der Waals surface area contributed by atoms with Gasteiger partial charge in [-0.1, -0.05) is 37.2 Å². The first-order chi connectivity index (χ1) is 13.2. The highest BCUT2D eigenvalue weighted by Gasteiger charge is 2.28. The van der Waals surface area contributed by atoms with Gasteiger partial charge in [0.05, 0.1) is 23.0 Å². The quantitative estimate of drug-likeness (QED) is 0.715. The molecule has 0 bridgehead atoms. The maximum absolute atomic E-state index is 12.7. The van der Waals surface area contributed by atoms with E-state index in [0.29, 0.717) is 43.2 Å². The molecule has 0 N–H and O–H groups in total. The molecule has 1 aromatic heterocycles. The van der Waals surface area contributed by atoms with Gasteiger partial charge in [-0.2, -0.15) is 4.99 Å². The van der Waals surface area contributed by atoms with Gasteiger partial charge in [0.15, 0.2) is 4.80 Å². The van der Waals surface area contributed by atoms with Crippen LogP contribution >= 0.6 is 11.3 Å². The molecule has 1 amide bonds. The fourth-order valence-electron chi connectivity index (χ4n) is 3.40. The SMILES string of the molecule is C#CCn1c(=NC(=O)C2CCN(S(C)(=O)=O)CC2)sc2cc(C(C)C)ccc21. The molecule has 150 valence electrons. The third-order valence-electron chi connectivity index (χ3n) is 5.10. The van der Waals surface area contributed by atoms with Gasteiger partial charge in [0.25, 0.3) is 5.91 Å². The van der Waals surface area contributed by atoms with Crippen molar-refractivity contribution in [3.05, 3.63) is 28.6 Å². The van der Waals surface area contributed by atoms with E-state index in [-0.39, 0.29) is 11.8 Å². The lowest BCUT2D eigenvalue weighted by atomic mass is 9.98. The van der Waals surface area contributed by atoms with E-state index in [2.05, 4.69) is 36.9 Å². The summed E-state index contributed by atoms with van der Waals surface area (Å²) in [4.78, 5) is 17.7. The van der Waals surface area contributed by atoms with E-state index in [1.165, 1.54) is 27.5 Å². The van der Waals surface area contributed by atoms with Gasteiger partial charge in [-0.3, -0.25) is 4.79 Å². The summed E-state index contributed by atoms with van der Waals surface area (Å²) >= 11 is 1.47. The number of amides is 1. The van der Waals surface area contributed by atoms with Crippen molar-refractivity contribution in [1.29, 1.82) is 0 Å². The van der Waals surface area contributed by atoms with Crippen molar-refractivity contribution in [1.82, 2.24) is 8.87 Å². The molecule has 28 heavy (non-hydrogen) atoms. The Morgan fingerprint density at radius 2 is 2.04 bits per heavy atom. The molecular formula is C20H25N3O3S2. The summed E-state index contributed by atoms with van der Waals surface area (Å²) in [5, 5.41) is 0. The molecule has 0 spiro atoms. The van der Waals surface area contributed by atoms with Crippen molar-refractivity contribution >= 4 is 37.5 Å². The van der Waals surface area contributed by atoms with Crippen LogP contribution in [0, 0.1) is 18.3 Å². The van der Waals surface area contributed by atoms with Crippen LogP contribution in [-0.2, 0) is 21.4 Å². The molecule has 6 nitrogen and oxygen atoms in total. The third kappa shape index (κ3) is 4.37. The number of carbonyl (C=O) groups is 1. The smallest absolute Gasteiger partial charge is 0.251 e. The average Bonchev–Trinajstić information content (AvgIpc) is 2.98. The number of carbonyl (C=O) groups excluding carboxylic acids is 1. The minimum atomic E-state index is -3.21. The zero-order chi connectivity index (χ0) is 20.5. The Hall–Kier alpha value is -1.95. The van der Waals surface area contributed by atoms with Gasteiger partial charge in [0.1, 0.15) is 0 Å². The van der Waals surface area contributed by atoms with Crippen LogP contribution in [0.1, 0.15) is 38.2 Å². The number of hydrogen-bond donors (Lipinski definition) is 0. The van der Waals surface area contributed by atoms with Crippen molar-refractivity contribution < 1.29 is 13.2 Å². The summed E-state index contributed by atoms with van der Waals surface area (Å²) in [7, 11) is -3.21. The number of terminal acetylenes is 1. The fourth-order valence-corrected chi connectivity index (χ4v) is 5.36. The van der Waals surface area contributed by atoms with Crippen molar-refractivity contribution in [3.8, 4) is 12.3 Å². The van der Waals surface area contributed by atoms with Crippen molar-refractivity contribution in [2.24, 2.45) is 10.9 Å². The molecule has 1 aliphatic rings. The Kier molecular flexibility index (Phi) is 6.08. The van der Waals surface area contributed by atoms with E-state index < -0.39 is 10.0 Å². The number of aromatic nitrogens is 1. The highest BCUT2D eigenvalue weighted by atomic mass is 32.2. The molecule has 8 heteroatoms. The van der Waals surface area contributed by atoms with E-state index >= 15 is 0 Å².